The molecule has 1 aromatic heterocycles. The maximum atomic E-state index is 11.5. The minimum Gasteiger partial charge on any atom is -0.346 e. The van der Waals surface area contributed by atoms with Crippen LogP contribution in [0.4, 0.5) is 0 Å². The van der Waals surface area contributed by atoms with E-state index in [1.807, 2.05) is 6.92 Å². The average Bonchev–Trinajstić information content (AvgIpc) is 2.53. The molecule has 0 saturated carbocycles. The molecule has 0 bridgehead atoms. The lowest BCUT2D eigenvalue weighted by Crippen LogP contribution is -2.49. The molecule has 6 heteroatoms. The van der Waals surface area contributed by atoms with Crippen molar-refractivity contribution in [3.63, 3.8) is 0 Å². The summed E-state index contributed by atoms with van der Waals surface area (Å²) in [5, 5.41) is 8.43. The fourth-order valence-corrected chi connectivity index (χ4v) is 1.36. The van der Waals surface area contributed by atoms with Gasteiger partial charge in [0, 0.05) is 5.38 Å². The predicted molar refractivity (Wildman–Crippen MR) is 54.7 cm³/mol. The van der Waals surface area contributed by atoms with Crippen molar-refractivity contribution in [1.29, 1.82) is 0 Å². The monoisotopic (exact) mass is 214 g/mol. The normalized spacial score (nSPS) is 13.7. The first kappa shape index (κ1) is 11.1. The number of nitrogens with zero attached hydrogens (tertiary/aromatic N) is 2. The number of nitrogens with one attached hydrogen (secondary N) is 1. The quantitative estimate of drug-likeness (QED) is 0.765. The summed E-state index contributed by atoms with van der Waals surface area (Å²) in [6, 6.07) is -0.149. The lowest BCUT2D eigenvalue weighted by atomic mass is 10.1. The summed E-state index contributed by atoms with van der Waals surface area (Å²) in [6.45, 7) is 5.17. The van der Waals surface area contributed by atoms with Crippen LogP contribution in [0.3, 0.4) is 0 Å². The number of rotatable bonds is 3. The smallest absolute Gasteiger partial charge is 0.240 e. The minimum atomic E-state index is -0.863. The third-order valence-corrected chi connectivity index (χ3v) is 2.28. The summed E-state index contributed by atoms with van der Waals surface area (Å²) in [5.41, 5.74) is 5.53. The topological polar surface area (TPSA) is 80.9 Å². The van der Waals surface area contributed by atoms with Crippen molar-refractivity contribution < 1.29 is 4.79 Å². The van der Waals surface area contributed by atoms with Crippen LogP contribution in [0.25, 0.3) is 0 Å². The lowest BCUT2D eigenvalue weighted by molar-refractivity contribution is -0.125. The predicted octanol–water partition coefficient (Wildman–Crippen LogP) is 0.453. The van der Waals surface area contributed by atoms with Crippen LogP contribution in [0.15, 0.2) is 5.38 Å². The van der Waals surface area contributed by atoms with Gasteiger partial charge in [0.2, 0.25) is 5.91 Å². The summed E-state index contributed by atoms with van der Waals surface area (Å²) in [7, 11) is 0. The lowest BCUT2D eigenvalue weighted by Gasteiger charge is -2.20. The molecule has 0 fully saturated rings. The molecule has 0 radical (unpaired) electrons. The molecule has 5 nitrogen and oxygen atoms in total. The number of carbonyl (C=O) groups excluding carboxylic acids is 1. The summed E-state index contributed by atoms with van der Waals surface area (Å²) in [6.07, 6.45) is 0. The fourth-order valence-electron chi connectivity index (χ4n) is 0.817. The van der Waals surface area contributed by atoms with Crippen LogP contribution in [-0.2, 0) is 4.79 Å². The van der Waals surface area contributed by atoms with Crippen molar-refractivity contribution in [3.8, 4) is 0 Å². The highest BCUT2D eigenvalue weighted by molar-refractivity contribution is 7.03. The zero-order valence-electron chi connectivity index (χ0n) is 8.44. The standard InChI is InChI=1S/C8H14N4OS/c1-5(6-4-14-12-11-6)10-7(13)8(2,3)9/h4-5H,9H2,1-3H3,(H,10,13). The second-order valence-electron chi connectivity index (χ2n) is 3.75. The van der Waals surface area contributed by atoms with E-state index in [1.54, 1.807) is 19.2 Å². The Kier molecular flexibility index (Phi) is 3.17. The molecule has 1 atom stereocenters. The van der Waals surface area contributed by atoms with Crippen molar-refractivity contribution in [2.75, 3.05) is 0 Å². The molecule has 1 aromatic rings. The molecule has 3 N–H and O–H groups in total. The average molecular weight is 214 g/mol. The van der Waals surface area contributed by atoms with Crippen molar-refractivity contribution >= 4 is 17.4 Å². The summed E-state index contributed by atoms with van der Waals surface area (Å²) in [4.78, 5) is 11.5. The van der Waals surface area contributed by atoms with Gasteiger partial charge in [-0.15, -0.1) is 5.10 Å². The molecular formula is C8H14N4OS. The first-order valence-corrected chi connectivity index (χ1v) is 5.11. The second-order valence-corrected chi connectivity index (χ2v) is 4.36. The van der Waals surface area contributed by atoms with E-state index in [0.29, 0.717) is 0 Å². The molecule has 0 aliphatic rings. The zero-order valence-corrected chi connectivity index (χ0v) is 9.26. The van der Waals surface area contributed by atoms with Gasteiger partial charge >= 0.3 is 0 Å². The molecule has 1 amide bonds. The molecule has 0 saturated heterocycles. The maximum Gasteiger partial charge on any atom is 0.240 e. The zero-order chi connectivity index (χ0) is 10.8. The van der Waals surface area contributed by atoms with Gasteiger partial charge in [-0.2, -0.15) is 0 Å². The van der Waals surface area contributed by atoms with Crippen LogP contribution >= 0.6 is 11.5 Å². The summed E-state index contributed by atoms with van der Waals surface area (Å²) in [5.74, 6) is -0.196. The summed E-state index contributed by atoms with van der Waals surface area (Å²) < 4.78 is 3.72. The van der Waals surface area contributed by atoms with Crippen LogP contribution < -0.4 is 11.1 Å². The van der Waals surface area contributed by atoms with Crippen molar-refractivity contribution in [2.24, 2.45) is 5.73 Å². The highest BCUT2D eigenvalue weighted by atomic mass is 32.1. The minimum absolute atomic E-state index is 0.149. The van der Waals surface area contributed by atoms with E-state index in [4.69, 9.17) is 5.73 Å². The molecule has 1 unspecified atom stereocenters. The van der Waals surface area contributed by atoms with Crippen molar-refractivity contribution in [1.82, 2.24) is 14.9 Å². The Bertz CT molecular complexity index is 304. The SMILES string of the molecule is CC(NC(=O)C(C)(C)N)c1csnn1. The largest absolute Gasteiger partial charge is 0.346 e. The third-order valence-electron chi connectivity index (χ3n) is 1.75. The molecule has 0 aromatic carbocycles. The number of hydrogen-bond acceptors (Lipinski definition) is 5. The number of amides is 1. The van der Waals surface area contributed by atoms with Gasteiger partial charge in [-0.3, -0.25) is 4.79 Å². The molecule has 1 heterocycles. The number of nitrogens with two attached hydrogens (primary N) is 1. The Labute approximate surface area is 86.9 Å². The van der Waals surface area contributed by atoms with Gasteiger partial charge in [0.05, 0.1) is 17.3 Å². The van der Waals surface area contributed by atoms with Gasteiger partial charge in [-0.1, -0.05) is 4.49 Å². The Morgan fingerprint density at radius 1 is 1.71 bits per heavy atom. The third kappa shape index (κ3) is 2.74. The Balaban J connectivity index is 2.58. The Morgan fingerprint density at radius 2 is 2.36 bits per heavy atom. The maximum absolute atomic E-state index is 11.5. The van der Waals surface area contributed by atoms with Crippen LogP contribution in [0.5, 0.6) is 0 Å². The first-order valence-electron chi connectivity index (χ1n) is 4.28. The van der Waals surface area contributed by atoms with Gasteiger partial charge in [-0.25, -0.2) is 0 Å². The van der Waals surface area contributed by atoms with Gasteiger partial charge in [0.1, 0.15) is 0 Å². The highest BCUT2D eigenvalue weighted by Crippen LogP contribution is 2.11. The Morgan fingerprint density at radius 3 is 2.79 bits per heavy atom. The van der Waals surface area contributed by atoms with E-state index in [-0.39, 0.29) is 11.9 Å². The molecule has 14 heavy (non-hydrogen) atoms. The van der Waals surface area contributed by atoms with E-state index in [1.165, 1.54) is 11.5 Å². The number of carbonyl (C=O) groups is 1. The fraction of sp³-hybridized carbons (Fsp3) is 0.625. The molecule has 0 spiro atoms. The second kappa shape index (κ2) is 4.02. The molecule has 0 aliphatic carbocycles. The molecular weight excluding hydrogens is 200 g/mol. The van der Waals surface area contributed by atoms with Gasteiger partial charge in [-0.05, 0) is 32.3 Å². The highest BCUT2D eigenvalue weighted by Gasteiger charge is 2.24. The van der Waals surface area contributed by atoms with Gasteiger partial charge in [0.15, 0.2) is 0 Å². The number of aromatic nitrogens is 2. The summed E-state index contributed by atoms with van der Waals surface area (Å²) >= 11 is 1.26. The van der Waals surface area contributed by atoms with Gasteiger partial charge in [0.25, 0.3) is 0 Å². The van der Waals surface area contributed by atoms with E-state index in [9.17, 15) is 4.79 Å². The number of hydrogen-bond donors (Lipinski definition) is 2. The van der Waals surface area contributed by atoms with Crippen molar-refractivity contribution in [2.45, 2.75) is 32.4 Å². The van der Waals surface area contributed by atoms with E-state index < -0.39 is 5.54 Å². The van der Waals surface area contributed by atoms with Crippen molar-refractivity contribution in [3.05, 3.63) is 11.1 Å². The van der Waals surface area contributed by atoms with E-state index >= 15 is 0 Å². The van der Waals surface area contributed by atoms with E-state index in [0.717, 1.165) is 5.69 Å². The van der Waals surface area contributed by atoms with E-state index in [2.05, 4.69) is 14.9 Å². The molecule has 1 rings (SSSR count). The van der Waals surface area contributed by atoms with Crippen LogP contribution in [-0.4, -0.2) is 21.0 Å². The van der Waals surface area contributed by atoms with Gasteiger partial charge < -0.3 is 11.1 Å². The van der Waals surface area contributed by atoms with Crippen LogP contribution in [0, 0.1) is 0 Å². The first-order chi connectivity index (χ1) is 6.41. The van der Waals surface area contributed by atoms with Crippen LogP contribution in [0.2, 0.25) is 0 Å². The molecule has 78 valence electrons. The Hall–Kier alpha value is -1.01. The van der Waals surface area contributed by atoms with Crippen LogP contribution in [0.1, 0.15) is 32.5 Å². The molecule has 0 aliphatic heterocycles.